The van der Waals surface area contributed by atoms with Gasteiger partial charge in [-0.1, -0.05) is 12.1 Å². The molecule has 0 saturated carbocycles. The highest BCUT2D eigenvalue weighted by Gasteiger charge is 2.20. The van der Waals surface area contributed by atoms with Gasteiger partial charge in [-0.15, -0.1) is 0 Å². The Hall–Kier alpha value is -1.94. The topological polar surface area (TPSA) is 62.2 Å². The van der Waals surface area contributed by atoms with Crippen molar-refractivity contribution < 1.29 is 9.90 Å². The van der Waals surface area contributed by atoms with E-state index in [9.17, 15) is 9.90 Å². The SMILES string of the molecule is Cc1ccc2c(C(=O)O)cc(C3CCCNC3)nc2c1. The van der Waals surface area contributed by atoms with Crippen molar-refractivity contribution in [3.8, 4) is 0 Å². The molecule has 3 rings (SSSR count). The summed E-state index contributed by atoms with van der Waals surface area (Å²) in [6, 6.07) is 7.49. The summed E-state index contributed by atoms with van der Waals surface area (Å²) in [6.07, 6.45) is 2.18. The minimum absolute atomic E-state index is 0.312. The molecule has 1 fully saturated rings. The van der Waals surface area contributed by atoms with Gasteiger partial charge in [-0.05, 0) is 44.0 Å². The van der Waals surface area contributed by atoms with Crippen molar-refractivity contribution in [1.29, 1.82) is 0 Å². The molecule has 0 aliphatic carbocycles. The molecule has 1 aliphatic rings. The Balaban J connectivity index is 2.15. The number of aryl methyl sites for hydroxylation is 1. The molecule has 104 valence electrons. The first kappa shape index (κ1) is 13.1. The Morgan fingerprint density at radius 3 is 2.95 bits per heavy atom. The summed E-state index contributed by atoms with van der Waals surface area (Å²) < 4.78 is 0. The predicted octanol–water partition coefficient (Wildman–Crippen LogP) is 2.71. The zero-order chi connectivity index (χ0) is 14.1. The van der Waals surface area contributed by atoms with Crippen LogP contribution in [-0.2, 0) is 0 Å². The molecule has 1 aliphatic heterocycles. The molecule has 0 bridgehead atoms. The minimum atomic E-state index is -0.883. The van der Waals surface area contributed by atoms with Crippen LogP contribution in [-0.4, -0.2) is 29.1 Å². The maximum Gasteiger partial charge on any atom is 0.336 e. The fraction of sp³-hybridized carbons (Fsp3) is 0.375. The fourth-order valence-corrected chi connectivity index (χ4v) is 2.85. The van der Waals surface area contributed by atoms with Crippen LogP contribution in [0.15, 0.2) is 24.3 Å². The van der Waals surface area contributed by atoms with Crippen LogP contribution in [0.1, 0.15) is 40.4 Å². The van der Waals surface area contributed by atoms with Gasteiger partial charge in [0.2, 0.25) is 0 Å². The average molecular weight is 270 g/mol. The van der Waals surface area contributed by atoms with Crippen molar-refractivity contribution in [3.63, 3.8) is 0 Å². The Labute approximate surface area is 117 Å². The lowest BCUT2D eigenvalue weighted by Gasteiger charge is -2.23. The molecule has 0 spiro atoms. The third-order valence-electron chi connectivity index (χ3n) is 3.93. The van der Waals surface area contributed by atoms with Gasteiger partial charge < -0.3 is 10.4 Å². The zero-order valence-corrected chi connectivity index (χ0v) is 11.5. The number of carbonyl (C=O) groups is 1. The summed E-state index contributed by atoms with van der Waals surface area (Å²) in [5.74, 6) is -0.571. The van der Waals surface area contributed by atoms with Gasteiger partial charge in [-0.25, -0.2) is 4.79 Å². The molecule has 1 saturated heterocycles. The number of aromatic nitrogens is 1. The molecule has 2 N–H and O–H groups in total. The first-order chi connectivity index (χ1) is 9.65. The Morgan fingerprint density at radius 1 is 1.40 bits per heavy atom. The van der Waals surface area contributed by atoms with E-state index < -0.39 is 5.97 Å². The van der Waals surface area contributed by atoms with Crippen molar-refractivity contribution in [2.24, 2.45) is 0 Å². The first-order valence-corrected chi connectivity index (χ1v) is 7.00. The monoisotopic (exact) mass is 270 g/mol. The number of carboxylic acid groups (broad SMARTS) is 1. The number of piperidine rings is 1. The van der Waals surface area contributed by atoms with Crippen LogP contribution in [0.5, 0.6) is 0 Å². The number of fused-ring (bicyclic) bond motifs is 1. The molecular formula is C16H18N2O2. The largest absolute Gasteiger partial charge is 0.478 e. The van der Waals surface area contributed by atoms with Crippen molar-refractivity contribution in [2.75, 3.05) is 13.1 Å². The van der Waals surface area contributed by atoms with E-state index in [0.717, 1.165) is 48.1 Å². The van der Waals surface area contributed by atoms with Crippen LogP contribution < -0.4 is 5.32 Å². The van der Waals surface area contributed by atoms with Gasteiger partial charge in [0.05, 0.1) is 11.1 Å². The van der Waals surface area contributed by atoms with Gasteiger partial charge in [0, 0.05) is 23.5 Å². The molecule has 2 heterocycles. The van der Waals surface area contributed by atoms with Gasteiger partial charge in [0.1, 0.15) is 0 Å². The highest BCUT2D eigenvalue weighted by atomic mass is 16.4. The number of rotatable bonds is 2. The molecule has 4 heteroatoms. The number of carboxylic acids is 1. The van der Waals surface area contributed by atoms with Gasteiger partial charge in [0.25, 0.3) is 0 Å². The molecule has 1 atom stereocenters. The highest BCUT2D eigenvalue weighted by Crippen LogP contribution is 2.27. The number of nitrogens with one attached hydrogen (secondary N) is 1. The van der Waals surface area contributed by atoms with Crippen LogP contribution in [0, 0.1) is 6.92 Å². The highest BCUT2D eigenvalue weighted by molar-refractivity contribution is 6.02. The summed E-state index contributed by atoms with van der Waals surface area (Å²) in [7, 11) is 0. The Morgan fingerprint density at radius 2 is 2.25 bits per heavy atom. The lowest BCUT2D eigenvalue weighted by molar-refractivity contribution is 0.0698. The van der Waals surface area contributed by atoms with Crippen LogP contribution >= 0.6 is 0 Å². The smallest absolute Gasteiger partial charge is 0.336 e. The third-order valence-corrected chi connectivity index (χ3v) is 3.93. The zero-order valence-electron chi connectivity index (χ0n) is 11.5. The molecule has 1 aromatic heterocycles. The summed E-state index contributed by atoms with van der Waals surface area (Å²) >= 11 is 0. The number of nitrogens with zero attached hydrogens (tertiary/aromatic N) is 1. The maximum absolute atomic E-state index is 11.5. The van der Waals surface area contributed by atoms with Crippen LogP contribution in [0.25, 0.3) is 10.9 Å². The quantitative estimate of drug-likeness (QED) is 0.880. The van der Waals surface area contributed by atoms with Gasteiger partial charge in [-0.3, -0.25) is 4.98 Å². The third kappa shape index (κ3) is 2.39. The normalized spacial score (nSPS) is 19.1. The Bertz CT molecular complexity index is 661. The van der Waals surface area contributed by atoms with E-state index in [1.54, 1.807) is 6.07 Å². The lowest BCUT2D eigenvalue weighted by Crippen LogP contribution is -2.29. The van der Waals surface area contributed by atoms with Crippen LogP contribution in [0.2, 0.25) is 0 Å². The second-order valence-corrected chi connectivity index (χ2v) is 5.46. The summed E-state index contributed by atoms with van der Waals surface area (Å²) in [5.41, 5.74) is 3.13. The van der Waals surface area contributed by atoms with E-state index in [1.807, 2.05) is 25.1 Å². The molecule has 20 heavy (non-hydrogen) atoms. The van der Waals surface area contributed by atoms with Crippen LogP contribution in [0.4, 0.5) is 0 Å². The molecular weight excluding hydrogens is 252 g/mol. The maximum atomic E-state index is 11.5. The van der Waals surface area contributed by atoms with E-state index in [0.29, 0.717) is 11.5 Å². The van der Waals surface area contributed by atoms with Crippen molar-refractivity contribution in [2.45, 2.75) is 25.7 Å². The number of benzene rings is 1. The van der Waals surface area contributed by atoms with E-state index in [1.165, 1.54) is 0 Å². The molecule has 2 aromatic rings. The molecule has 1 aromatic carbocycles. The average Bonchev–Trinajstić information content (AvgIpc) is 2.46. The van der Waals surface area contributed by atoms with Gasteiger partial charge >= 0.3 is 5.97 Å². The number of pyridine rings is 1. The van der Waals surface area contributed by atoms with Crippen LogP contribution in [0.3, 0.4) is 0 Å². The standard InChI is InChI=1S/C16H18N2O2/c1-10-4-5-12-13(16(19)20)8-14(18-15(12)7-10)11-3-2-6-17-9-11/h4-5,7-8,11,17H,2-3,6,9H2,1H3,(H,19,20). The second-order valence-electron chi connectivity index (χ2n) is 5.46. The van der Waals surface area contributed by atoms with Gasteiger partial charge in [-0.2, -0.15) is 0 Å². The number of hydrogen-bond donors (Lipinski definition) is 2. The summed E-state index contributed by atoms with van der Waals surface area (Å²) in [5, 5.41) is 13.5. The Kier molecular flexibility index (Phi) is 3.40. The fourth-order valence-electron chi connectivity index (χ4n) is 2.85. The van der Waals surface area contributed by atoms with Gasteiger partial charge in [0.15, 0.2) is 0 Å². The van der Waals surface area contributed by atoms with Crippen molar-refractivity contribution in [3.05, 3.63) is 41.1 Å². The first-order valence-electron chi connectivity index (χ1n) is 7.00. The predicted molar refractivity (Wildman–Crippen MR) is 78.3 cm³/mol. The molecule has 0 amide bonds. The molecule has 0 radical (unpaired) electrons. The summed E-state index contributed by atoms with van der Waals surface area (Å²) in [6.45, 7) is 3.91. The lowest BCUT2D eigenvalue weighted by atomic mass is 9.93. The van der Waals surface area contributed by atoms with Crippen molar-refractivity contribution in [1.82, 2.24) is 10.3 Å². The van der Waals surface area contributed by atoms with E-state index in [2.05, 4.69) is 5.32 Å². The van der Waals surface area contributed by atoms with Crippen molar-refractivity contribution >= 4 is 16.9 Å². The van der Waals surface area contributed by atoms with E-state index in [4.69, 9.17) is 4.98 Å². The number of hydrogen-bond acceptors (Lipinski definition) is 3. The minimum Gasteiger partial charge on any atom is -0.478 e. The van der Waals surface area contributed by atoms with E-state index >= 15 is 0 Å². The molecule has 1 unspecified atom stereocenters. The number of aromatic carboxylic acids is 1. The second kappa shape index (κ2) is 5.21. The molecule has 4 nitrogen and oxygen atoms in total. The summed E-state index contributed by atoms with van der Waals surface area (Å²) in [4.78, 5) is 16.2. The van der Waals surface area contributed by atoms with E-state index in [-0.39, 0.29) is 0 Å².